The molecule has 7 heteroatoms. The number of esters is 2. The van der Waals surface area contributed by atoms with E-state index in [-0.39, 0.29) is 18.3 Å². The number of carbonyl (C=O) groups is 2. The van der Waals surface area contributed by atoms with E-state index in [0.29, 0.717) is 41.0 Å². The van der Waals surface area contributed by atoms with Gasteiger partial charge in [0.25, 0.3) is 0 Å². The highest BCUT2D eigenvalue weighted by atomic mass is 16.5. The van der Waals surface area contributed by atoms with Gasteiger partial charge >= 0.3 is 11.9 Å². The van der Waals surface area contributed by atoms with Crippen molar-refractivity contribution in [2.75, 3.05) is 14.2 Å². The first-order valence-corrected chi connectivity index (χ1v) is 10.0. The third kappa shape index (κ3) is 4.06. The molecule has 2 aromatic carbocycles. The fourth-order valence-electron chi connectivity index (χ4n) is 3.84. The van der Waals surface area contributed by atoms with Crippen molar-refractivity contribution in [3.8, 4) is 17.2 Å². The Balaban J connectivity index is 0.000000181. The van der Waals surface area contributed by atoms with Gasteiger partial charge in [0.05, 0.1) is 25.3 Å². The fourth-order valence-corrected chi connectivity index (χ4v) is 3.84. The van der Waals surface area contributed by atoms with Gasteiger partial charge in [0, 0.05) is 22.3 Å². The molecule has 0 amide bonds. The summed E-state index contributed by atoms with van der Waals surface area (Å²) >= 11 is 0. The number of rotatable bonds is 6. The van der Waals surface area contributed by atoms with Crippen LogP contribution < -0.4 is 9.47 Å². The second-order valence-corrected chi connectivity index (χ2v) is 7.28. The number of ether oxygens (including phenoxy) is 4. The second-order valence-electron chi connectivity index (χ2n) is 7.28. The van der Waals surface area contributed by atoms with Crippen molar-refractivity contribution in [2.24, 2.45) is 0 Å². The Morgan fingerprint density at radius 3 is 1.91 bits per heavy atom. The summed E-state index contributed by atoms with van der Waals surface area (Å²) in [6.07, 6.45) is 4.71. The molecular formula is C25H26O7. The van der Waals surface area contributed by atoms with Gasteiger partial charge < -0.3 is 24.1 Å². The zero-order valence-electron chi connectivity index (χ0n) is 18.4. The lowest BCUT2D eigenvalue weighted by Gasteiger charge is -2.12. The van der Waals surface area contributed by atoms with Gasteiger partial charge in [0.1, 0.15) is 30.5 Å². The summed E-state index contributed by atoms with van der Waals surface area (Å²) < 4.78 is 20.3. The Morgan fingerprint density at radius 2 is 1.38 bits per heavy atom. The van der Waals surface area contributed by atoms with Gasteiger partial charge in [-0.2, -0.15) is 0 Å². The van der Waals surface area contributed by atoms with Crippen molar-refractivity contribution in [1.82, 2.24) is 0 Å². The topological polar surface area (TPSA) is 91.3 Å². The molecule has 168 valence electrons. The summed E-state index contributed by atoms with van der Waals surface area (Å²) in [6, 6.07) is 3.36. The Morgan fingerprint density at radius 1 is 0.906 bits per heavy atom. The molecule has 0 saturated heterocycles. The van der Waals surface area contributed by atoms with Gasteiger partial charge in [-0.1, -0.05) is 12.2 Å². The van der Waals surface area contributed by atoms with Crippen LogP contribution in [0.5, 0.6) is 17.2 Å². The van der Waals surface area contributed by atoms with Gasteiger partial charge in [-0.15, -0.1) is 13.2 Å². The molecule has 0 radical (unpaired) electrons. The number of benzene rings is 2. The van der Waals surface area contributed by atoms with Crippen LogP contribution in [0.3, 0.4) is 0 Å². The highest BCUT2D eigenvalue weighted by Gasteiger charge is 2.28. The molecule has 2 aliphatic heterocycles. The van der Waals surface area contributed by atoms with Crippen LogP contribution in [0.25, 0.3) is 0 Å². The second kappa shape index (κ2) is 9.60. The molecule has 0 unspecified atom stereocenters. The summed E-state index contributed by atoms with van der Waals surface area (Å²) in [4.78, 5) is 22.8. The Kier molecular flexibility index (Phi) is 6.88. The van der Waals surface area contributed by atoms with Crippen molar-refractivity contribution < 1.29 is 33.6 Å². The minimum absolute atomic E-state index is 0.0695. The van der Waals surface area contributed by atoms with Crippen LogP contribution in [0.15, 0.2) is 37.4 Å². The molecule has 0 aliphatic carbocycles. The maximum absolute atomic E-state index is 11.5. The smallest absolute Gasteiger partial charge is 0.339 e. The van der Waals surface area contributed by atoms with Crippen LogP contribution in [-0.2, 0) is 35.5 Å². The summed E-state index contributed by atoms with van der Waals surface area (Å²) in [5.41, 5.74) is 5.29. The minimum atomic E-state index is -0.422. The Labute approximate surface area is 186 Å². The highest BCUT2D eigenvalue weighted by Crippen LogP contribution is 2.38. The first kappa shape index (κ1) is 22.9. The van der Waals surface area contributed by atoms with E-state index >= 15 is 0 Å². The van der Waals surface area contributed by atoms with Gasteiger partial charge in [0.15, 0.2) is 0 Å². The standard InChI is InChI=1S/C13H14O3.C12H12O4/c1-4-5-9-8(2)11-7-16-13(14)10(11)6-12(9)15-3;1-3-4-7-10(15-2)5-8-9(11(7)13)6-16-12(8)14/h4,6H,1,5,7H2,2-3H3;3,5,13H,1,4,6H2,2H3. The average Bonchev–Trinajstić information content (AvgIpc) is 3.35. The summed E-state index contributed by atoms with van der Waals surface area (Å²) in [5.74, 6) is 0.598. The van der Waals surface area contributed by atoms with E-state index in [1.807, 2.05) is 13.0 Å². The molecule has 2 aromatic rings. The summed E-state index contributed by atoms with van der Waals surface area (Å²) in [7, 11) is 3.10. The van der Waals surface area contributed by atoms with Crippen molar-refractivity contribution in [1.29, 1.82) is 0 Å². The monoisotopic (exact) mass is 438 g/mol. The molecule has 7 nitrogen and oxygen atoms in total. The predicted molar refractivity (Wildman–Crippen MR) is 118 cm³/mol. The van der Waals surface area contributed by atoms with E-state index < -0.39 is 5.97 Å². The van der Waals surface area contributed by atoms with Crippen LogP contribution >= 0.6 is 0 Å². The predicted octanol–water partition coefficient (Wildman–Crippen LogP) is 4.20. The van der Waals surface area contributed by atoms with Gasteiger partial charge in [0.2, 0.25) is 0 Å². The lowest BCUT2D eigenvalue weighted by atomic mass is 9.95. The van der Waals surface area contributed by atoms with E-state index in [1.165, 1.54) is 7.11 Å². The zero-order valence-corrected chi connectivity index (χ0v) is 18.4. The number of methoxy groups -OCH3 is 2. The molecule has 0 fully saturated rings. The number of phenols is 1. The van der Waals surface area contributed by atoms with E-state index in [1.54, 1.807) is 25.3 Å². The van der Waals surface area contributed by atoms with E-state index in [2.05, 4.69) is 13.2 Å². The third-order valence-corrected chi connectivity index (χ3v) is 5.54. The SMILES string of the molecule is C=CCc1c(OC)cc2c(c1C)COC2=O.C=CCc1c(OC)cc2c(c1O)COC2=O. The molecule has 2 aliphatic rings. The van der Waals surface area contributed by atoms with Crippen LogP contribution in [0.4, 0.5) is 0 Å². The lowest BCUT2D eigenvalue weighted by Crippen LogP contribution is -2.01. The number of carbonyl (C=O) groups excluding carboxylic acids is 2. The number of cyclic esters (lactones) is 2. The largest absolute Gasteiger partial charge is 0.507 e. The quantitative estimate of drug-likeness (QED) is 0.534. The first-order valence-electron chi connectivity index (χ1n) is 10.0. The van der Waals surface area contributed by atoms with Crippen LogP contribution in [0, 0.1) is 6.92 Å². The zero-order chi connectivity index (χ0) is 23.4. The number of hydrogen-bond acceptors (Lipinski definition) is 7. The van der Waals surface area contributed by atoms with Gasteiger partial charge in [-0.25, -0.2) is 9.59 Å². The third-order valence-electron chi connectivity index (χ3n) is 5.54. The number of aromatic hydroxyl groups is 1. The normalized spacial score (nSPS) is 13.2. The first-order chi connectivity index (χ1) is 15.4. The maximum Gasteiger partial charge on any atom is 0.339 e. The molecule has 0 spiro atoms. The number of allylic oxidation sites excluding steroid dienone is 2. The van der Waals surface area contributed by atoms with Crippen molar-refractivity contribution in [3.05, 3.63) is 76.4 Å². The lowest BCUT2D eigenvalue weighted by molar-refractivity contribution is 0.0525. The van der Waals surface area contributed by atoms with E-state index in [0.717, 1.165) is 28.9 Å². The molecule has 0 aromatic heterocycles. The molecular weight excluding hydrogens is 412 g/mol. The molecule has 32 heavy (non-hydrogen) atoms. The number of fused-ring (bicyclic) bond motifs is 2. The van der Waals surface area contributed by atoms with Crippen LogP contribution in [-0.4, -0.2) is 31.3 Å². The number of hydrogen-bond donors (Lipinski definition) is 1. The molecule has 0 saturated carbocycles. The summed E-state index contributed by atoms with van der Waals surface area (Å²) in [6.45, 7) is 9.82. The van der Waals surface area contributed by atoms with Crippen molar-refractivity contribution in [3.63, 3.8) is 0 Å². The van der Waals surface area contributed by atoms with Gasteiger partial charge in [-0.05, 0) is 37.5 Å². The van der Waals surface area contributed by atoms with Crippen LogP contribution in [0.2, 0.25) is 0 Å². The summed E-state index contributed by atoms with van der Waals surface area (Å²) in [5, 5.41) is 10.0. The van der Waals surface area contributed by atoms with Crippen molar-refractivity contribution >= 4 is 11.9 Å². The van der Waals surface area contributed by atoms with Gasteiger partial charge in [-0.3, -0.25) is 0 Å². The molecule has 0 bridgehead atoms. The molecule has 4 rings (SSSR count). The van der Waals surface area contributed by atoms with E-state index in [4.69, 9.17) is 18.9 Å². The number of phenolic OH excluding ortho intramolecular Hbond substituents is 1. The maximum atomic E-state index is 11.5. The highest BCUT2D eigenvalue weighted by molar-refractivity contribution is 5.95. The van der Waals surface area contributed by atoms with Crippen molar-refractivity contribution in [2.45, 2.75) is 33.0 Å². The Bertz CT molecular complexity index is 1010. The van der Waals surface area contributed by atoms with Crippen LogP contribution in [0.1, 0.15) is 48.5 Å². The molecule has 1 N–H and O–H groups in total. The Hall–Kier alpha value is -3.74. The molecule has 0 atom stereocenters. The van der Waals surface area contributed by atoms with E-state index in [9.17, 15) is 14.7 Å². The minimum Gasteiger partial charge on any atom is -0.507 e. The fraction of sp³-hybridized carbons (Fsp3) is 0.280. The molecule has 2 heterocycles. The average molecular weight is 438 g/mol.